The van der Waals surface area contributed by atoms with Gasteiger partial charge in [0.15, 0.2) is 17.5 Å². The number of nitrogens with one attached hydrogen (secondary N) is 2. The maximum absolute atomic E-state index is 13.5. The van der Waals surface area contributed by atoms with Gasteiger partial charge in [-0.3, -0.25) is 14.5 Å². The molecule has 27 heavy (non-hydrogen) atoms. The number of nitrogens with zero attached hydrogens (tertiary/aromatic N) is 2. The third-order valence-corrected chi connectivity index (χ3v) is 3.43. The van der Waals surface area contributed by atoms with E-state index in [1.165, 1.54) is 11.9 Å². The monoisotopic (exact) mass is 376 g/mol. The van der Waals surface area contributed by atoms with Crippen LogP contribution in [0.15, 0.2) is 36.4 Å². The van der Waals surface area contributed by atoms with Crippen LogP contribution < -0.4 is 10.6 Å². The lowest BCUT2D eigenvalue weighted by Gasteiger charge is -2.16. The normalized spacial score (nSPS) is 10.4. The highest BCUT2D eigenvalue weighted by molar-refractivity contribution is 5.94. The molecule has 0 atom stereocenters. The summed E-state index contributed by atoms with van der Waals surface area (Å²) in [6.45, 7) is -0.424. The number of likely N-dealkylation sites (N-methyl/N-ethyl adjacent to an activating group) is 1. The van der Waals surface area contributed by atoms with E-state index in [1.54, 1.807) is 24.3 Å². The standard InChI is InChI=1S/C18H15F3N4O2/c1-25(9-15(26)23-12-4-2-11(8-22)3-5-12)10-16(27)24-14-7-6-13(19)17(20)18(14)21/h2-7H,9-10H2,1H3,(H,23,26)(H,24,27). The van der Waals surface area contributed by atoms with Crippen molar-refractivity contribution in [2.24, 2.45) is 0 Å². The lowest BCUT2D eigenvalue weighted by molar-refractivity contribution is -0.119. The van der Waals surface area contributed by atoms with E-state index in [2.05, 4.69) is 10.6 Å². The molecular formula is C18H15F3N4O2. The summed E-state index contributed by atoms with van der Waals surface area (Å²) in [6, 6.07) is 9.78. The van der Waals surface area contributed by atoms with Crippen LogP contribution in [0.5, 0.6) is 0 Å². The first-order valence-corrected chi connectivity index (χ1v) is 7.72. The van der Waals surface area contributed by atoms with Gasteiger partial charge in [-0.15, -0.1) is 0 Å². The van der Waals surface area contributed by atoms with Crippen molar-refractivity contribution in [3.63, 3.8) is 0 Å². The van der Waals surface area contributed by atoms with E-state index < -0.39 is 35.0 Å². The third kappa shape index (κ3) is 5.55. The fourth-order valence-electron chi connectivity index (χ4n) is 2.19. The average molecular weight is 376 g/mol. The van der Waals surface area contributed by atoms with Gasteiger partial charge in [-0.05, 0) is 43.4 Å². The second-order valence-electron chi connectivity index (χ2n) is 5.68. The molecule has 140 valence electrons. The minimum absolute atomic E-state index is 0.145. The molecule has 0 aliphatic rings. The van der Waals surface area contributed by atoms with Gasteiger partial charge in [-0.25, -0.2) is 13.2 Å². The zero-order valence-corrected chi connectivity index (χ0v) is 14.2. The van der Waals surface area contributed by atoms with Crippen LogP contribution in [0, 0.1) is 28.8 Å². The van der Waals surface area contributed by atoms with Gasteiger partial charge in [-0.2, -0.15) is 5.26 Å². The van der Waals surface area contributed by atoms with Crippen LogP contribution in [-0.4, -0.2) is 36.9 Å². The van der Waals surface area contributed by atoms with Crippen molar-refractivity contribution in [2.75, 3.05) is 30.8 Å². The molecule has 0 saturated carbocycles. The summed E-state index contributed by atoms with van der Waals surface area (Å²) in [5.41, 5.74) is 0.446. The van der Waals surface area contributed by atoms with E-state index in [0.29, 0.717) is 17.3 Å². The molecule has 0 bridgehead atoms. The summed E-state index contributed by atoms with van der Waals surface area (Å²) < 4.78 is 39.6. The topological polar surface area (TPSA) is 85.2 Å². The summed E-state index contributed by atoms with van der Waals surface area (Å²) in [5.74, 6) is -5.64. The summed E-state index contributed by atoms with van der Waals surface area (Å²) in [4.78, 5) is 25.2. The Balaban J connectivity index is 1.86. The lowest BCUT2D eigenvalue weighted by Crippen LogP contribution is -2.36. The minimum atomic E-state index is -1.68. The summed E-state index contributed by atoms with van der Waals surface area (Å²) in [5, 5.41) is 13.4. The van der Waals surface area contributed by atoms with E-state index in [0.717, 1.165) is 6.07 Å². The van der Waals surface area contributed by atoms with Crippen LogP contribution >= 0.6 is 0 Å². The van der Waals surface area contributed by atoms with Crippen LogP contribution in [0.3, 0.4) is 0 Å². The zero-order chi connectivity index (χ0) is 20.0. The Bertz CT molecular complexity index is 895. The Kier molecular flexibility index (Phi) is 6.51. The van der Waals surface area contributed by atoms with Crippen molar-refractivity contribution in [2.45, 2.75) is 0 Å². The fourth-order valence-corrected chi connectivity index (χ4v) is 2.19. The molecule has 2 aromatic carbocycles. The number of carbonyl (C=O) groups is 2. The minimum Gasteiger partial charge on any atom is -0.325 e. The van der Waals surface area contributed by atoms with Gasteiger partial charge in [0.2, 0.25) is 11.8 Å². The number of carbonyl (C=O) groups excluding carboxylic acids is 2. The Labute approximate surface area is 153 Å². The Morgan fingerprint density at radius 3 is 2.15 bits per heavy atom. The molecule has 0 aliphatic heterocycles. The van der Waals surface area contributed by atoms with Crippen LogP contribution in [0.1, 0.15) is 5.56 Å². The predicted octanol–water partition coefficient (Wildman–Crippen LogP) is 2.48. The molecule has 0 radical (unpaired) electrons. The first-order chi connectivity index (χ1) is 12.8. The number of halogens is 3. The maximum atomic E-state index is 13.5. The fraction of sp³-hybridized carbons (Fsp3) is 0.167. The number of rotatable bonds is 6. The van der Waals surface area contributed by atoms with Crippen molar-refractivity contribution >= 4 is 23.2 Å². The first-order valence-electron chi connectivity index (χ1n) is 7.72. The SMILES string of the molecule is CN(CC(=O)Nc1ccc(C#N)cc1)CC(=O)Nc1ccc(F)c(F)c1F. The molecule has 0 aromatic heterocycles. The Morgan fingerprint density at radius 1 is 0.963 bits per heavy atom. The lowest BCUT2D eigenvalue weighted by atomic mass is 10.2. The van der Waals surface area contributed by atoms with Gasteiger partial charge in [0.05, 0.1) is 30.4 Å². The summed E-state index contributed by atoms with van der Waals surface area (Å²) in [6.07, 6.45) is 0. The summed E-state index contributed by atoms with van der Waals surface area (Å²) in [7, 11) is 1.49. The second kappa shape index (κ2) is 8.82. The number of hydrogen-bond donors (Lipinski definition) is 2. The highest BCUT2D eigenvalue weighted by Gasteiger charge is 2.16. The second-order valence-corrected chi connectivity index (χ2v) is 5.68. The number of amides is 2. The van der Waals surface area contributed by atoms with Gasteiger partial charge in [0.25, 0.3) is 0 Å². The predicted molar refractivity (Wildman–Crippen MR) is 92.2 cm³/mol. The highest BCUT2D eigenvalue weighted by Crippen LogP contribution is 2.19. The van der Waals surface area contributed by atoms with E-state index in [1.807, 2.05) is 6.07 Å². The van der Waals surface area contributed by atoms with Crippen molar-refractivity contribution in [1.29, 1.82) is 5.26 Å². The number of nitriles is 1. The smallest absolute Gasteiger partial charge is 0.238 e. The largest absolute Gasteiger partial charge is 0.325 e. The zero-order valence-electron chi connectivity index (χ0n) is 14.2. The maximum Gasteiger partial charge on any atom is 0.238 e. The molecule has 6 nitrogen and oxygen atoms in total. The number of benzene rings is 2. The molecule has 0 fully saturated rings. The number of hydrogen-bond acceptors (Lipinski definition) is 4. The van der Waals surface area contributed by atoms with Gasteiger partial charge in [0.1, 0.15) is 0 Å². The molecule has 2 aromatic rings. The molecule has 0 aliphatic carbocycles. The highest BCUT2D eigenvalue weighted by atomic mass is 19.2. The molecule has 0 heterocycles. The molecule has 9 heteroatoms. The first kappa shape index (κ1) is 19.9. The average Bonchev–Trinajstić information content (AvgIpc) is 2.62. The van der Waals surface area contributed by atoms with Gasteiger partial charge >= 0.3 is 0 Å². The van der Waals surface area contributed by atoms with Gasteiger partial charge < -0.3 is 10.6 Å². The van der Waals surface area contributed by atoms with Crippen molar-refractivity contribution < 1.29 is 22.8 Å². The van der Waals surface area contributed by atoms with Crippen LogP contribution in [-0.2, 0) is 9.59 Å². The van der Waals surface area contributed by atoms with Crippen LogP contribution in [0.2, 0.25) is 0 Å². The molecule has 0 unspecified atom stereocenters. The van der Waals surface area contributed by atoms with Crippen LogP contribution in [0.25, 0.3) is 0 Å². The van der Waals surface area contributed by atoms with Crippen molar-refractivity contribution in [3.05, 3.63) is 59.4 Å². The van der Waals surface area contributed by atoms with E-state index in [4.69, 9.17) is 5.26 Å². The van der Waals surface area contributed by atoms with Crippen LogP contribution in [0.4, 0.5) is 24.5 Å². The van der Waals surface area contributed by atoms with Gasteiger partial charge in [0, 0.05) is 5.69 Å². The van der Waals surface area contributed by atoms with E-state index in [-0.39, 0.29) is 13.1 Å². The molecular weight excluding hydrogens is 361 g/mol. The molecule has 2 N–H and O–H groups in total. The molecule has 2 amide bonds. The van der Waals surface area contributed by atoms with Gasteiger partial charge in [-0.1, -0.05) is 0 Å². The molecule has 0 spiro atoms. The Hall–Kier alpha value is -3.38. The molecule has 2 rings (SSSR count). The van der Waals surface area contributed by atoms with Crippen molar-refractivity contribution in [3.8, 4) is 6.07 Å². The third-order valence-electron chi connectivity index (χ3n) is 3.43. The Morgan fingerprint density at radius 2 is 1.56 bits per heavy atom. The van der Waals surface area contributed by atoms with Crippen molar-refractivity contribution in [1.82, 2.24) is 4.90 Å². The quantitative estimate of drug-likeness (QED) is 0.759. The number of anilines is 2. The van der Waals surface area contributed by atoms with E-state index >= 15 is 0 Å². The molecule has 0 saturated heterocycles. The summed E-state index contributed by atoms with van der Waals surface area (Å²) >= 11 is 0. The van der Waals surface area contributed by atoms with E-state index in [9.17, 15) is 22.8 Å².